The summed E-state index contributed by atoms with van der Waals surface area (Å²) < 4.78 is 1.49. The fraction of sp³-hybridized carbons (Fsp3) is 0.154. The van der Waals surface area contributed by atoms with Gasteiger partial charge in [-0.3, -0.25) is 14.5 Å². The van der Waals surface area contributed by atoms with E-state index in [-0.39, 0.29) is 5.56 Å². The number of H-pyrrole nitrogens is 1. The normalized spacial score (nSPS) is 11.0. The van der Waals surface area contributed by atoms with Crippen LogP contribution in [-0.2, 0) is 13.6 Å². The van der Waals surface area contributed by atoms with Crippen LogP contribution in [0.15, 0.2) is 29.2 Å². The number of aromatic amines is 1. The van der Waals surface area contributed by atoms with E-state index in [9.17, 15) is 4.79 Å². The number of nitrogens with zero attached hydrogens (tertiary/aromatic N) is 3. The van der Waals surface area contributed by atoms with Crippen molar-refractivity contribution in [3.8, 4) is 0 Å². The molecule has 108 valence electrons. The lowest BCUT2D eigenvalue weighted by Crippen LogP contribution is -2.15. The predicted molar refractivity (Wildman–Crippen MR) is 82.9 cm³/mol. The molecule has 0 aliphatic heterocycles. The third-order valence-corrected chi connectivity index (χ3v) is 3.78. The standard InChI is InChI=1S/C13H11Cl2N5O/c1-20-11-10(6-17-20)18-13(19-12(11)21)16-5-7-2-3-8(14)9(15)4-7/h2-4,6H,5H2,1H3,(H2,16,18,19,21). The second kappa shape index (κ2) is 5.38. The van der Waals surface area contributed by atoms with Crippen molar-refractivity contribution in [3.63, 3.8) is 0 Å². The molecule has 0 atom stereocenters. The minimum atomic E-state index is -0.239. The first-order valence-electron chi connectivity index (χ1n) is 6.14. The lowest BCUT2D eigenvalue weighted by molar-refractivity contribution is 0.792. The molecule has 0 unspecified atom stereocenters. The van der Waals surface area contributed by atoms with Gasteiger partial charge in [0, 0.05) is 13.6 Å². The van der Waals surface area contributed by atoms with Crippen LogP contribution in [0.1, 0.15) is 5.56 Å². The molecule has 21 heavy (non-hydrogen) atoms. The van der Waals surface area contributed by atoms with E-state index in [1.807, 2.05) is 6.07 Å². The van der Waals surface area contributed by atoms with Crippen LogP contribution in [0.25, 0.3) is 11.0 Å². The molecule has 0 saturated carbocycles. The first-order valence-corrected chi connectivity index (χ1v) is 6.90. The van der Waals surface area contributed by atoms with Crippen LogP contribution in [-0.4, -0.2) is 19.7 Å². The molecular formula is C13H11Cl2N5O. The van der Waals surface area contributed by atoms with Crippen LogP contribution in [0.5, 0.6) is 0 Å². The molecule has 0 fully saturated rings. The van der Waals surface area contributed by atoms with Crippen molar-refractivity contribution in [3.05, 3.63) is 50.4 Å². The molecule has 2 N–H and O–H groups in total. The maximum Gasteiger partial charge on any atom is 0.278 e. The van der Waals surface area contributed by atoms with Crippen molar-refractivity contribution in [2.24, 2.45) is 7.05 Å². The van der Waals surface area contributed by atoms with Crippen molar-refractivity contribution < 1.29 is 0 Å². The zero-order valence-corrected chi connectivity index (χ0v) is 12.5. The van der Waals surface area contributed by atoms with Crippen LogP contribution in [0, 0.1) is 0 Å². The van der Waals surface area contributed by atoms with Gasteiger partial charge in [0.25, 0.3) is 5.56 Å². The third kappa shape index (κ3) is 2.72. The highest BCUT2D eigenvalue weighted by Crippen LogP contribution is 2.22. The lowest BCUT2D eigenvalue weighted by atomic mass is 10.2. The molecule has 0 saturated heterocycles. The molecule has 0 radical (unpaired) electrons. The second-order valence-electron chi connectivity index (χ2n) is 4.52. The number of nitrogens with one attached hydrogen (secondary N) is 2. The summed E-state index contributed by atoms with van der Waals surface area (Å²) >= 11 is 11.8. The minimum absolute atomic E-state index is 0.239. The zero-order chi connectivity index (χ0) is 15.0. The first kappa shape index (κ1) is 13.9. The van der Waals surface area contributed by atoms with Crippen LogP contribution in [0.3, 0.4) is 0 Å². The van der Waals surface area contributed by atoms with Crippen molar-refractivity contribution in [1.29, 1.82) is 0 Å². The Morgan fingerprint density at radius 2 is 2.14 bits per heavy atom. The highest BCUT2D eigenvalue weighted by atomic mass is 35.5. The van der Waals surface area contributed by atoms with E-state index >= 15 is 0 Å². The lowest BCUT2D eigenvalue weighted by Gasteiger charge is -2.06. The van der Waals surface area contributed by atoms with E-state index in [0.717, 1.165) is 5.56 Å². The van der Waals surface area contributed by atoms with Gasteiger partial charge in [0.2, 0.25) is 5.95 Å². The number of rotatable bonds is 3. The van der Waals surface area contributed by atoms with Crippen LogP contribution in [0.4, 0.5) is 5.95 Å². The highest BCUT2D eigenvalue weighted by Gasteiger charge is 2.08. The van der Waals surface area contributed by atoms with Gasteiger partial charge in [-0.2, -0.15) is 5.10 Å². The van der Waals surface area contributed by atoms with Gasteiger partial charge in [0.05, 0.1) is 16.2 Å². The maximum absolute atomic E-state index is 12.0. The van der Waals surface area contributed by atoms with Gasteiger partial charge in [-0.05, 0) is 17.7 Å². The summed E-state index contributed by atoms with van der Waals surface area (Å²) in [5, 5.41) is 8.05. The Kier molecular flexibility index (Phi) is 3.57. The van der Waals surface area contributed by atoms with E-state index in [0.29, 0.717) is 33.6 Å². The summed E-state index contributed by atoms with van der Waals surface area (Å²) in [6, 6.07) is 5.33. The summed E-state index contributed by atoms with van der Waals surface area (Å²) in [6.07, 6.45) is 1.55. The molecule has 8 heteroatoms. The number of anilines is 1. The number of aryl methyl sites for hydroxylation is 1. The Labute approximate surface area is 129 Å². The van der Waals surface area contributed by atoms with Crippen molar-refractivity contribution in [1.82, 2.24) is 19.7 Å². The van der Waals surface area contributed by atoms with Gasteiger partial charge >= 0.3 is 0 Å². The molecule has 0 bridgehead atoms. The van der Waals surface area contributed by atoms with Gasteiger partial charge < -0.3 is 5.32 Å². The Morgan fingerprint density at radius 1 is 1.33 bits per heavy atom. The van der Waals surface area contributed by atoms with Gasteiger partial charge in [-0.25, -0.2) is 4.98 Å². The van der Waals surface area contributed by atoms with Crippen LogP contribution in [0.2, 0.25) is 10.0 Å². The molecule has 6 nitrogen and oxygen atoms in total. The number of fused-ring (bicyclic) bond motifs is 1. The Hall–Kier alpha value is -2.05. The zero-order valence-electron chi connectivity index (χ0n) is 11.0. The van der Waals surface area contributed by atoms with Crippen LogP contribution >= 0.6 is 23.2 Å². The van der Waals surface area contributed by atoms with E-state index in [2.05, 4.69) is 20.4 Å². The summed E-state index contributed by atoms with van der Waals surface area (Å²) in [6.45, 7) is 0.464. The summed E-state index contributed by atoms with van der Waals surface area (Å²) in [5.41, 5.74) is 1.67. The SMILES string of the molecule is Cn1ncc2nc(NCc3ccc(Cl)c(Cl)c3)[nH]c(=O)c21. The minimum Gasteiger partial charge on any atom is -0.352 e. The average molecular weight is 324 g/mol. The molecule has 3 rings (SSSR count). The number of hydrogen-bond acceptors (Lipinski definition) is 4. The molecule has 2 aromatic heterocycles. The van der Waals surface area contributed by atoms with Crippen LogP contribution < -0.4 is 10.9 Å². The Balaban J connectivity index is 1.85. The molecule has 3 aromatic rings. The van der Waals surface area contributed by atoms with Crippen molar-refractivity contribution >= 4 is 40.2 Å². The molecule has 0 aliphatic rings. The summed E-state index contributed by atoms with van der Waals surface area (Å²) in [7, 11) is 1.70. The first-order chi connectivity index (χ1) is 10.0. The second-order valence-corrected chi connectivity index (χ2v) is 5.33. The van der Waals surface area contributed by atoms with E-state index in [1.165, 1.54) is 4.68 Å². The van der Waals surface area contributed by atoms with Gasteiger partial charge in [-0.1, -0.05) is 29.3 Å². The quantitative estimate of drug-likeness (QED) is 0.776. The summed E-state index contributed by atoms with van der Waals surface area (Å²) in [5.74, 6) is 0.381. The fourth-order valence-electron chi connectivity index (χ4n) is 2.01. The van der Waals surface area contributed by atoms with Crippen molar-refractivity contribution in [2.45, 2.75) is 6.54 Å². The average Bonchev–Trinajstić information content (AvgIpc) is 2.82. The predicted octanol–water partition coefficient (Wildman–Crippen LogP) is 2.58. The van der Waals surface area contributed by atoms with Gasteiger partial charge in [-0.15, -0.1) is 0 Å². The Morgan fingerprint density at radius 3 is 2.90 bits per heavy atom. The molecule has 1 aromatic carbocycles. The largest absolute Gasteiger partial charge is 0.352 e. The smallest absolute Gasteiger partial charge is 0.278 e. The highest BCUT2D eigenvalue weighted by molar-refractivity contribution is 6.42. The maximum atomic E-state index is 12.0. The van der Waals surface area contributed by atoms with Crippen molar-refractivity contribution in [2.75, 3.05) is 5.32 Å². The number of benzene rings is 1. The van der Waals surface area contributed by atoms with E-state index in [1.54, 1.807) is 25.4 Å². The topological polar surface area (TPSA) is 75.6 Å². The van der Waals surface area contributed by atoms with E-state index in [4.69, 9.17) is 23.2 Å². The molecule has 0 aliphatic carbocycles. The van der Waals surface area contributed by atoms with Gasteiger partial charge in [0.1, 0.15) is 5.52 Å². The van der Waals surface area contributed by atoms with Gasteiger partial charge in [0.15, 0.2) is 5.52 Å². The molecule has 0 amide bonds. The number of aromatic nitrogens is 4. The monoisotopic (exact) mass is 323 g/mol. The molecule has 2 heterocycles. The summed E-state index contributed by atoms with van der Waals surface area (Å²) in [4.78, 5) is 18.9. The fourth-order valence-corrected chi connectivity index (χ4v) is 2.33. The Bertz CT molecular complexity index is 871. The number of hydrogen-bond donors (Lipinski definition) is 2. The van der Waals surface area contributed by atoms with E-state index < -0.39 is 0 Å². The third-order valence-electron chi connectivity index (χ3n) is 3.04. The molecule has 0 spiro atoms. The number of halogens is 2. The molecular weight excluding hydrogens is 313 g/mol.